The molecule has 4 heteroatoms. The van der Waals surface area contributed by atoms with Crippen LogP contribution in [0.1, 0.15) is 17.3 Å². The predicted octanol–water partition coefficient (Wildman–Crippen LogP) is 2.51. The summed E-state index contributed by atoms with van der Waals surface area (Å²) in [6, 6.07) is 3.98. The van der Waals surface area contributed by atoms with Gasteiger partial charge in [0.15, 0.2) is 0 Å². The Balaban J connectivity index is 3.11. The third kappa shape index (κ3) is 2.56. The molecule has 1 unspecified atom stereocenters. The van der Waals surface area contributed by atoms with E-state index in [1.807, 2.05) is 0 Å². The summed E-state index contributed by atoms with van der Waals surface area (Å²) >= 11 is 0. The maximum absolute atomic E-state index is 13.2. The summed E-state index contributed by atoms with van der Waals surface area (Å²) in [4.78, 5) is 10.8. The number of hydrogen-bond donors (Lipinski definition) is 2. The van der Waals surface area contributed by atoms with Crippen LogP contribution in [0.2, 0.25) is 0 Å². The van der Waals surface area contributed by atoms with Gasteiger partial charge in [-0.15, -0.1) is 6.58 Å². The van der Waals surface area contributed by atoms with Crippen molar-refractivity contribution in [3.8, 4) is 0 Å². The smallest absolute Gasteiger partial charge is 0.340 e. The lowest BCUT2D eigenvalue weighted by atomic mass is 10.1. The zero-order valence-electron chi connectivity index (χ0n) is 8.33. The molecule has 0 spiro atoms. The molecule has 15 heavy (non-hydrogen) atoms. The molecule has 1 aromatic carbocycles. The molecule has 2 N–H and O–H groups in total. The maximum Gasteiger partial charge on any atom is 0.340 e. The number of carboxylic acids is 1. The Morgan fingerprint density at radius 1 is 1.67 bits per heavy atom. The fourth-order valence-corrected chi connectivity index (χ4v) is 1.17. The molecule has 3 nitrogen and oxygen atoms in total. The van der Waals surface area contributed by atoms with Crippen molar-refractivity contribution in [3.63, 3.8) is 0 Å². The van der Waals surface area contributed by atoms with Crippen LogP contribution >= 0.6 is 0 Å². The minimum atomic E-state index is -1.29. The molecule has 0 fully saturated rings. The molecule has 0 aromatic heterocycles. The van der Waals surface area contributed by atoms with Gasteiger partial charge in [-0.05, 0) is 19.1 Å². The van der Waals surface area contributed by atoms with Crippen molar-refractivity contribution in [1.82, 2.24) is 0 Å². The van der Waals surface area contributed by atoms with Crippen molar-refractivity contribution in [2.45, 2.75) is 13.0 Å². The molecule has 0 bridgehead atoms. The van der Waals surface area contributed by atoms with E-state index in [9.17, 15) is 9.18 Å². The number of carboxylic acid groups (broad SMARTS) is 1. The monoisotopic (exact) mass is 209 g/mol. The van der Waals surface area contributed by atoms with Gasteiger partial charge in [0.1, 0.15) is 11.4 Å². The first kappa shape index (κ1) is 11.2. The number of hydrogen-bond acceptors (Lipinski definition) is 2. The zero-order chi connectivity index (χ0) is 11.4. The van der Waals surface area contributed by atoms with Gasteiger partial charge in [0, 0.05) is 6.04 Å². The number of anilines is 1. The predicted molar refractivity (Wildman–Crippen MR) is 56.6 cm³/mol. The fraction of sp³-hybridized carbons (Fsp3) is 0.182. The molecule has 1 rings (SSSR count). The van der Waals surface area contributed by atoms with Crippen LogP contribution in [-0.2, 0) is 0 Å². The van der Waals surface area contributed by atoms with Gasteiger partial charge in [-0.2, -0.15) is 0 Å². The molecule has 1 aromatic rings. The van der Waals surface area contributed by atoms with Crippen LogP contribution in [0.3, 0.4) is 0 Å². The highest BCUT2D eigenvalue weighted by molar-refractivity contribution is 5.94. The Labute approximate surface area is 87.2 Å². The standard InChI is InChI=1S/C11H12FNO2/c1-3-7(2)13-9-6-4-5-8(12)10(9)11(14)15/h3-7,13H,1H2,2H3,(H,14,15). The van der Waals surface area contributed by atoms with Crippen molar-refractivity contribution < 1.29 is 14.3 Å². The largest absolute Gasteiger partial charge is 0.478 e. The Morgan fingerprint density at radius 2 is 2.33 bits per heavy atom. The van der Waals surface area contributed by atoms with Gasteiger partial charge in [0.05, 0.1) is 5.69 Å². The molecule has 0 heterocycles. The normalized spacial score (nSPS) is 11.9. The summed E-state index contributed by atoms with van der Waals surface area (Å²) < 4.78 is 13.2. The van der Waals surface area contributed by atoms with Gasteiger partial charge in [-0.1, -0.05) is 12.1 Å². The van der Waals surface area contributed by atoms with Crippen LogP contribution in [0, 0.1) is 5.82 Å². The first-order chi connectivity index (χ1) is 7.06. The van der Waals surface area contributed by atoms with E-state index in [0.717, 1.165) is 6.07 Å². The van der Waals surface area contributed by atoms with Crippen molar-refractivity contribution in [3.05, 3.63) is 42.2 Å². The summed E-state index contributed by atoms with van der Waals surface area (Å²) in [7, 11) is 0. The fourth-order valence-electron chi connectivity index (χ4n) is 1.17. The van der Waals surface area contributed by atoms with E-state index in [-0.39, 0.29) is 17.3 Å². The van der Waals surface area contributed by atoms with Crippen LogP contribution < -0.4 is 5.32 Å². The number of rotatable bonds is 4. The van der Waals surface area contributed by atoms with E-state index in [2.05, 4.69) is 11.9 Å². The summed E-state index contributed by atoms with van der Waals surface area (Å²) in [5.74, 6) is -2.03. The minimum absolute atomic E-state index is 0.120. The third-order valence-electron chi connectivity index (χ3n) is 1.96. The molecule has 0 saturated carbocycles. The average molecular weight is 209 g/mol. The van der Waals surface area contributed by atoms with E-state index >= 15 is 0 Å². The highest BCUT2D eigenvalue weighted by Gasteiger charge is 2.15. The van der Waals surface area contributed by atoms with Gasteiger partial charge in [0.25, 0.3) is 0 Å². The van der Waals surface area contributed by atoms with Gasteiger partial charge in [0.2, 0.25) is 0 Å². The second kappa shape index (κ2) is 4.59. The van der Waals surface area contributed by atoms with Crippen molar-refractivity contribution in [1.29, 1.82) is 0 Å². The first-order valence-corrected chi connectivity index (χ1v) is 4.47. The van der Waals surface area contributed by atoms with Crippen LogP contribution in [0.15, 0.2) is 30.9 Å². The molecule has 0 saturated heterocycles. The Hall–Kier alpha value is -1.84. The second-order valence-electron chi connectivity index (χ2n) is 3.14. The first-order valence-electron chi connectivity index (χ1n) is 4.47. The maximum atomic E-state index is 13.2. The van der Waals surface area contributed by atoms with Gasteiger partial charge in [-0.25, -0.2) is 9.18 Å². The zero-order valence-corrected chi connectivity index (χ0v) is 8.33. The molecule has 0 aliphatic rings. The summed E-state index contributed by atoms with van der Waals surface area (Å²) in [6.07, 6.45) is 1.61. The van der Waals surface area contributed by atoms with Gasteiger partial charge in [-0.3, -0.25) is 0 Å². The highest BCUT2D eigenvalue weighted by atomic mass is 19.1. The third-order valence-corrected chi connectivity index (χ3v) is 1.96. The highest BCUT2D eigenvalue weighted by Crippen LogP contribution is 2.19. The minimum Gasteiger partial charge on any atom is -0.478 e. The van der Waals surface area contributed by atoms with Crippen LogP contribution in [0.5, 0.6) is 0 Å². The number of nitrogens with one attached hydrogen (secondary N) is 1. The Morgan fingerprint density at radius 3 is 2.87 bits per heavy atom. The molecular weight excluding hydrogens is 197 g/mol. The van der Waals surface area contributed by atoms with Gasteiger partial charge < -0.3 is 10.4 Å². The lowest BCUT2D eigenvalue weighted by Gasteiger charge is -2.13. The molecule has 0 radical (unpaired) electrons. The van der Waals surface area contributed by atoms with Crippen molar-refractivity contribution in [2.75, 3.05) is 5.32 Å². The van der Waals surface area contributed by atoms with E-state index in [1.54, 1.807) is 13.0 Å². The lowest BCUT2D eigenvalue weighted by Crippen LogP contribution is -2.15. The molecule has 0 amide bonds. The van der Waals surface area contributed by atoms with Crippen molar-refractivity contribution >= 4 is 11.7 Å². The molecule has 0 aliphatic carbocycles. The number of aromatic carboxylic acids is 1. The number of benzene rings is 1. The topological polar surface area (TPSA) is 49.3 Å². The summed E-state index contributed by atoms with van der Waals surface area (Å²) in [5.41, 5.74) is -0.0823. The van der Waals surface area contributed by atoms with E-state index in [1.165, 1.54) is 12.1 Å². The average Bonchev–Trinajstić information content (AvgIpc) is 2.17. The van der Waals surface area contributed by atoms with Crippen LogP contribution in [-0.4, -0.2) is 17.1 Å². The van der Waals surface area contributed by atoms with E-state index < -0.39 is 11.8 Å². The molecule has 80 valence electrons. The molecule has 0 aliphatic heterocycles. The molecular formula is C11H12FNO2. The second-order valence-corrected chi connectivity index (χ2v) is 3.14. The quantitative estimate of drug-likeness (QED) is 0.749. The Bertz CT molecular complexity index is 390. The SMILES string of the molecule is C=CC(C)Nc1cccc(F)c1C(=O)O. The molecule has 1 atom stereocenters. The number of halogens is 1. The summed E-state index contributed by atoms with van der Waals surface area (Å²) in [5, 5.41) is 11.7. The lowest BCUT2D eigenvalue weighted by molar-refractivity contribution is 0.0693. The Kier molecular flexibility index (Phi) is 3.44. The van der Waals surface area contributed by atoms with E-state index in [0.29, 0.717) is 0 Å². The van der Waals surface area contributed by atoms with Crippen molar-refractivity contribution in [2.24, 2.45) is 0 Å². The van der Waals surface area contributed by atoms with Crippen LogP contribution in [0.25, 0.3) is 0 Å². The number of carbonyl (C=O) groups is 1. The summed E-state index contributed by atoms with van der Waals surface area (Å²) in [6.45, 7) is 5.35. The van der Waals surface area contributed by atoms with E-state index in [4.69, 9.17) is 5.11 Å². The van der Waals surface area contributed by atoms with Gasteiger partial charge >= 0.3 is 5.97 Å². The van der Waals surface area contributed by atoms with Crippen LogP contribution in [0.4, 0.5) is 10.1 Å².